The molecular weight excluding hydrogens is 480 g/mol. The van der Waals surface area contributed by atoms with Gasteiger partial charge in [0.1, 0.15) is 24.4 Å². The molecule has 0 bridgehead atoms. The molecule has 0 amide bonds. The minimum atomic E-state index is -1.30. The Morgan fingerprint density at radius 1 is 0.969 bits per heavy atom. The van der Waals surface area contributed by atoms with E-state index in [1.807, 2.05) is 60.7 Å². The quantitative estimate of drug-likeness (QED) is 0.493. The lowest BCUT2D eigenvalue weighted by Crippen LogP contribution is -2.58. The number of ether oxygens (including phenoxy) is 6. The summed E-state index contributed by atoms with van der Waals surface area (Å²) in [6.45, 7) is 3.06. The number of halogens is 1. The van der Waals surface area contributed by atoms with Crippen LogP contribution in [0.1, 0.15) is 18.1 Å². The molecule has 2 aromatic rings. The second-order valence-corrected chi connectivity index (χ2v) is 8.69. The lowest BCUT2D eigenvalue weighted by molar-refractivity contribution is -0.342. The Balaban J connectivity index is 1.43. The second-order valence-electron chi connectivity index (χ2n) is 7.90. The Morgan fingerprint density at radius 2 is 1.62 bits per heavy atom. The van der Waals surface area contributed by atoms with Gasteiger partial charge in [-0.25, -0.2) is 0 Å². The topological polar surface area (TPSA) is 75.6 Å². The summed E-state index contributed by atoms with van der Waals surface area (Å²) in [6, 6.07) is 19.7. The molecule has 32 heavy (non-hydrogen) atoms. The molecule has 0 aromatic heterocycles. The molecule has 2 aliphatic rings. The highest BCUT2D eigenvalue weighted by Crippen LogP contribution is 2.38. The van der Waals surface area contributed by atoms with E-state index in [2.05, 4.69) is 15.9 Å². The van der Waals surface area contributed by atoms with Crippen molar-refractivity contribution in [2.75, 3.05) is 18.5 Å². The van der Waals surface area contributed by atoms with Crippen LogP contribution in [0.4, 0.5) is 0 Å². The summed E-state index contributed by atoms with van der Waals surface area (Å²) in [5.41, 5.74) is 2.06. The standard InChI is InChI=1S/C24H29BrO7/c1-24(29-13-12-25)31-22-20(26)21(28-15-18-10-6-3-7-11-18)19(30-23(22)32-24)16-27-14-17-8-4-2-5-9-17/h2-11,19-23,26H,12-16H2,1H3/t19?,20?,21-,22?,23+,24?/m1/s1. The molecule has 4 unspecified atom stereocenters. The lowest BCUT2D eigenvalue weighted by atomic mass is 9.99. The first-order valence-electron chi connectivity index (χ1n) is 10.7. The van der Waals surface area contributed by atoms with Gasteiger partial charge in [-0.05, 0) is 11.1 Å². The molecule has 2 aliphatic heterocycles. The van der Waals surface area contributed by atoms with E-state index in [-0.39, 0.29) is 6.61 Å². The van der Waals surface area contributed by atoms with Crippen LogP contribution in [0.2, 0.25) is 0 Å². The van der Waals surface area contributed by atoms with E-state index in [1.165, 1.54) is 0 Å². The molecule has 2 fully saturated rings. The molecule has 2 heterocycles. The molecule has 2 saturated heterocycles. The third-order valence-corrected chi connectivity index (χ3v) is 5.74. The van der Waals surface area contributed by atoms with Crippen molar-refractivity contribution >= 4 is 15.9 Å². The maximum Gasteiger partial charge on any atom is 0.282 e. The molecule has 4 rings (SSSR count). The Morgan fingerprint density at radius 3 is 2.28 bits per heavy atom. The van der Waals surface area contributed by atoms with E-state index >= 15 is 0 Å². The molecule has 174 valence electrons. The highest BCUT2D eigenvalue weighted by molar-refractivity contribution is 9.09. The van der Waals surface area contributed by atoms with E-state index in [1.54, 1.807) is 6.92 Å². The molecule has 0 spiro atoms. The highest BCUT2D eigenvalue weighted by Gasteiger charge is 2.56. The van der Waals surface area contributed by atoms with Crippen molar-refractivity contribution in [3.05, 3.63) is 71.8 Å². The smallest absolute Gasteiger partial charge is 0.282 e. The van der Waals surface area contributed by atoms with Crippen molar-refractivity contribution < 1.29 is 33.5 Å². The van der Waals surface area contributed by atoms with Crippen LogP contribution >= 0.6 is 15.9 Å². The first-order valence-corrected chi connectivity index (χ1v) is 11.9. The number of fused-ring (bicyclic) bond motifs is 1. The normalized spacial score (nSPS) is 32.0. The van der Waals surface area contributed by atoms with E-state index in [0.29, 0.717) is 25.2 Å². The van der Waals surface area contributed by atoms with Crippen molar-refractivity contribution in [3.8, 4) is 0 Å². The molecular formula is C24H29BrO7. The van der Waals surface area contributed by atoms with Crippen LogP contribution < -0.4 is 0 Å². The zero-order valence-corrected chi connectivity index (χ0v) is 19.6. The van der Waals surface area contributed by atoms with Gasteiger partial charge in [-0.1, -0.05) is 76.6 Å². The Hall–Kier alpha value is -1.36. The Kier molecular flexibility index (Phi) is 8.31. The van der Waals surface area contributed by atoms with E-state index in [0.717, 1.165) is 11.1 Å². The highest BCUT2D eigenvalue weighted by atomic mass is 79.9. The van der Waals surface area contributed by atoms with Crippen LogP contribution in [-0.4, -0.2) is 60.3 Å². The van der Waals surface area contributed by atoms with Crippen molar-refractivity contribution in [1.29, 1.82) is 0 Å². The summed E-state index contributed by atoms with van der Waals surface area (Å²) in [6.07, 6.45) is -3.69. The first kappa shape index (κ1) is 23.8. The molecule has 0 saturated carbocycles. The number of hydrogen-bond donors (Lipinski definition) is 1. The van der Waals surface area contributed by atoms with Gasteiger partial charge < -0.3 is 28.8 Å². The zero-order chi connectivity index (χ0) is 22.4. The summed E-state index contributed by atoms with van der Waals surface area (Å²) >= 11 is 3.33. The number of benzene rings is 2. The molecule has 2 aromatic carbocycles. The van der Waals surface area contributed by atoms with Crippen molar-refractivity contribution in [2.24, 2.45) is 0 Å². The van der Waals surface area contributed by atoms with Crippen LogP contribution in [-0.2, 0) is 41.6 Å². The van der Waals surface area contributed by atoms with Crippen molar-refractivity contribution in [2.45, 2.75) is 56.8 Å². The monoisotopic (exact) mass is 508 g/mol. The summed E-state index contributed by atoms with van der Waals surface area (Å²) in [4.78, 5) is 0. The fourth-order valence-electron chi connectivity index (χ4n) is 3.87. The van der Waals surface area contributed by atoms with Crippen LogP contribution in [0, 0.1) is 0 Å². The summed E-state index contributed by atoms with van der Waals surface area (Å²) in [5.74, 6) is -1.30. The van der Waals surface area contributed by atoms with Gasteiger partial charge >= 0.3 is 0 Å². The predicted molar refractivity (Wildman–Crippen MR) is 120 cm³/mol. The van der Waals surface area contributed by atoms with Crippen LogP contribution in [0.15, 0.2) is 60.7 Å². The zero-order valence-electron chi connectivity index (χ0n) is 18.0. The maximum atomic E-state index is 11.1. The third kappa shape index (κ3) is 5.95. The molecule has 0 radical (unpaired) electrons. The third-order valence-electron chi connectivity index (χ3n) is 5.42. The number of aliphatic hydroxyl groups is 1. The number of rotatable bonds is 10. The van der Waals surface area contributed by atoms with E-state index < -0.39 is 36.7 Å². The fraction of sp³-hybridized carbons (Fsp3) is 0.500. The number of hydrogen-bond acceptors (Lipinski definition) is 7. The van der Waals surface area contributed by atoms with Gasteiger partial charge in [0.05, 0.1) is 26.4 Å². The second kappa shape index (κ2) is 11.2. The Bertz CT molecular complexity index is 824. The van der Waals surface area contributed by atoms with Gasteiger partial charge in [-0.15, -0.1) is 0 Å². The number of aliphatic hydroxyl groups excluding tert-OH is 1. The Labute approximate surface area is 196 Å². The van der Waals surface area contributed by atoms with Gasteiger partial charge in [0.15, 0.2) is 6.29 Å². The van der Waals surface area contributed by atoms with Gasteiger partial charge in [0.25, 0.3) is 5.97 Å². The van der Waals surface area contributed by atoms with Crippen LogP contribution in [0.3, 0.4) is 0 Å². The molecule has 1 N–H and O–H groups in total. The summed E-state index contributed by atoms with van der Waals surface area (Å²) in [7, 11) is 0. The average Bonchev–Trinajstić information content (AvgIpc) is 3.16. The SMILES string of the molecule is CC1(OCCBr)OC2C(O)[C@H](OCc3ccccc3)C(COCc3ccccc3)O[C@H]2O1. The summed E-state index contributed by atoms with van der Waals surface area (Å²) in [5, 5.41) is 11.8. The van der Waals surface area contributed by atoms with Crippen LogP contribution in [0.5, 0.6) is 0 Å². The minimum absolute atomic E-state index is 0.233. The van der Waals surface area contributed by atoms with Crippen molar-refractivity contribution in [3.63, 3.8) is 0 Å². The molecule has 7 nitrogen and oxygen atoms in total. The minimum Gasteiger partial charge on any atom is -0.387 e. The predicted octanol–water partition coefficient (Wildman–Crippen LogP) is 3.38. The van der Waals surface area contributed by atoms with E-state index in [9.17, 15) is 5.11 Å². The molecule has 6 atom stereocenters. The fourth-order valence-corrected chi connectivity index (χ4v) is 4.03. The van der Waals surface area contributed by atoms with E-state index in [4.69, 9.17) is 28.4 Å². The maximum absolute atomic E-state index is 11.1. The molecule has 0 aliphatic carbocycles. The average molecular weight is 509 g/mol. The first-order chi connectivity index (χ1) is 15.6. The largest absolute Gasteiger partial charge is 0.387 e. The summed E-state index contributed by atoms with van der Waals surface area (Å²) < 4.78 is 35.6. The van der Waals surface area contributed by atoms with Gasteiger partial charge in [-0.2, -0.15) is 0 Å². The number of alkyl halides is 1. The van der Waals surface area contributed by atoms with Gasteiger partial charge in [-0.3, -0.25) is 4.74 Å². The van der Waals surface area contributed by atoms with Gasteiger partial charge in [0, 0.05) is 12.3 Å². The van der Waals surface area contributed by atoms with Crippen LogP contribution in [0.25, 0.3) is 0 Å². The lowest BCUT2D eigenvalue weighted by Gasteiger charge is -2.40. The van der Waals surface area contributed by atoms with Gasteiger partial charge in [0.2, 0.25) is 0 Å². The molecule has 8 heteroatoms. The van der Waals surface area contributed by atoms with Crippen molar-refractivity contribution in [1.82, 2.24) is 0 Å².